The molecule has 2 aromatic carbocycles. The first-order valence-corrected chi connectivity index (χ1v) is 15.0. The van der Waals surface area contributed by atoms with Crippen LogP contribution in [0.3, 0.4) is 0 Å². The average molecular weight is 562 g/mol. The monoisotopic (exact) mass is 561 g/mol. The smallest absolute Gasteiger partial charge is 0.412 e. The van der Waals surface area contributed by atoms with E-state index in [9.17, 15) is 14.4 Å². The zero-order chi connectivity index (χ0) is 27.6. The molecule has 0 saturated heterocycles. The molecule has 0 bridgehead atoms. The van der Waals surface area contributed by atoms with Crippen molar-refractivity contribution in [2.45, 2.75) is 51.9 Å². The van der Waals surface area contributed by atoms with Crippen molar-refractivity contribution in [1.82, 2.24) is 5.32 Å². The molecular weight excluding hydrogens is 527 g/mol. The lowest BCUT2D eigenvalue weighted by molar-refractivity contribution is -0.109. The highest BCUT2D eigenvalue weighted by molar-refractivity contribution is 8.77. The van der Waals surface area contributed by atoms with Crippen molar-refractivity contribution in [1.29, 1.82) is 0 Å². The molecule has 200 valence electrons. The van der Waals surface area contributed by atoms with E-state index < -0.39 is 11.7 Å². The standard InChI is InChI=1S/C21H22N2O3S.C6H13NOS2/c1-13-10-15-12-17(8-9-18(15)27-13)22-19(24)14-6-5-7-16(11-14)23-20(25)26-21(2,3)4;1-6(2,10-9-3)4-7-5-8/h5-12H,1-4H3,(H,22,24)(H,23,25);5H,4H2,1-3H3,(H,7,8). The zero-order valence-electron chi connectivity index (χ0n) is 22.3. The van der Waals surface area contributed by atoms with Crippen LogP contribution in [0.2, 0.25) is 0 Å². The van der Waals surface area contributed by atoms with Crippen LogP contribution in [0.1, 0.15) is 49.9 Å². The summed E-state index contributed by atoms with van der Waals surface area (Å²) in [4.78, 5) is 35.6. The Morgan fingerprint density at radius 2 is 1.70 bits per heavy atom. The fourth-order valence-electron chi connectivity index (χ4n) is 3.16. The SMILES string of the molecule is CSSC(C)(C)CNC=O.Cc1cc2cc(NC(=O)c3cccc(NC(=O)OC(C)(C)C)c3)ccc2s1. The molecule has 0 aliphatic heterocycles. The van der Waals surface area contributed by atoms with Gasteiger partial charge in [0, 0.05) is 37.8 Å². The third-order valence-electron chi connectivity index (χ3n) is 4.59. The molecule has 0 aliphatic rings. The van der Waals surface area contributed by atoms with E-state index in [1.807, 2.05) is 24.5 Å². The Balaban J connectivity index is 0.000000410. The molecule has 3 aromatic rings. The van der Waals surface area contributed by atoms with Crippen molar-refractivity contribution >= 4 is 72.8 Å². The lowest BCUT2D eigenvalue weighted by Crippen LogP contribution is -2.30. The quantitative estimate of drug-likeness (QED) is 0.197. The van der Waals surface area contributed by atoms with E-state index in [4.69, 9.17) is 4.74 Å². The summed E-state index contributed by atoms with van der Waals surface area (Å²) in [6.45, 7) is 12.4. The fraction of sp³-hybridized carbons (Fsp3) is 0.370. The van der Waals surface area contributed by atoms with Gasteiger partial charge in [-0.3, -0.25) is 14.9 Å². The number of rotatable bonds is 8. The van der Waals surface area contributed by atoms with Crippen LogP contribution in [-0.4, -0.2) is 41.6 Å². The van der Waals surface area contributed by atoms with Gasteiger partial charge in [0.1, 0.15) is 5.60 Å². The third-order valence-corrected chi connectivity index (χ3v) is 8.23. The number of fused-ring (bicyclic) bond motifs is 1. The molecular formula is C27H35N3O4S3. The molecule has 37 heavy (non-hydrogen) atoms. The van der Waals surface area contributed by atoms with Crippen LogP contribution in [0.4, 0.5) is 16.2 Å². The maximum atomic E-state index is 12.6. The second-order valence-corrected chi connectivity index (χ2v) is 14.2. The molecule has 0 radical (unpaired) electrons. The van der Waals surface area contributed by atoms with Crippen LogP contribution in [0.15, 0.2) is 48.5 Å². The van der Waals surface area contributed by atoms with Crippen LogP contribution in [0, 0.1) is 6.92 Å². The summed E-state index contributed by atoms with van der Waals surface area (Å²) in [7, 11) is 3.49. The largest absolute Gasteiger partial charge is 0.444 e. The highest BCUT2D eigenvalue weighted by Crippen LogP contribution is 2.32. The number of anilines is 2. The Morgan fingerprint density at radius 3 is 2.35 bits per heavy atom. The highest BCUT2D eigenvalue weighted by Gasteiger charge is 2.17. The Hall–Kier alpha value is -2.69. The van der Waals surface area contributed by atoms with Crippen molar-refractivity contribution < 1.29 is 19.1 Å². The summed E-state index contributed by atoms with van der Waals surface area (Å²) in [5, 5.41) is 9.31. The second kappa shape index (κ2) is 13.7. The number of nitrogens with one attached hydrogen (secondary N) is 3. The van der Waals surface area contributed by atoms with Gasteiger partial charge in [-0.05, 0) is 95.6 Å². The van der Waals surface area contributed by atoms with Gasteiger partial charge in [0.2, 0.25) is 6.41 Å². The summed E-state index contributed by atoms with van der Waals surface area (Å²) in [6, 6.07) is 14.7. The maximum Gasteiger partial charge on any atom is 0.412 e. The molecule has 3 rings (SSSR count). The Kier molecular flexibility index (Phi) is 11.3. The molecule has 3 amide bonds. The lowest BCUT2D eigenvalue weighted by atomic mass is 10.1. The number of carbonyl (C=O) groups is 3. The Morgan fingerprint density at radius 1 is 1.00 bits per heavy atom. The number of amides is 3. The molecule has 0 spiro atoms. The molecule has 0 unspecified atom stereocenters. The van der Waals surface area contributed by atoms with E-state index in [0.29, 0.717) is 11.3 Å². The second-order valence-electron chi connectivity index (χ2n) is 9.78. The van der Waals surface area contributed by atoms with Gasteiger partial charge in [-0.1, -0.05) is 27.7 Å². The molecule has 1 heterocycles. The minimum Gasteiger partial charge on any atom is -0.444 e. The van der Waals surface area contributed by atoms with Crippen molar-refractivity contribution in [2.24, 2.45) is 0 Å². The van der Waals surface area contributed by atoms with Gasteiger partial charge < -0.3 is 15.4 Å². The number of hydrogen-bond acceptors (Lipinski definition) is 7. The number of aryl methyl sites for hydroxylation is 1. The summed E-state index contributed by atoms with van der Waals surface area (Å²) in [5.74, 6) is -0.242. The van der Waals surface area contributed by atoms with Crippen LogP contribution in [0.25, 0.3) is 10.1 Å². The van der Waals surface area contributed by atoms with Gasteiger partial charge in [-0.15, -0.1) is 11.3 Å². The van der Waals surface area contributed by atoms with Crippen molar-refractivity contribution in [2.75, 3.05) is 23.4 Å². The van der Waals surface area contributed by atoms with Crippen molar-refractivity contribution in [3.63, 3.8) is 0 Å². The minimum absolute atomic E-state index is 0.139. The molecule has 3 N–H and O–H groups in total. The van der Waals surface area contributed by atoms with Gasteiger partial charge in [0.15, 0.2) is 0 Å². The predicted molar refractivity (Wildman–Crippen MR) is 160 cm³/mol. The van der Waals surface area contributed by atoms with Gasteiger partial charge in [0.25, 0.3) is 5.91 Å². The van der Waals surface area contributed by atoms with Gasteiger partial charge in [-0.2, -0.15) is 0 Å². The van der Waals surface area contributed by atoms with E-state index in [-0.39, 0.29) is 10.7 Å². The van der Waals surface area contributed by atoms with E-state index in [1.165, 1.54) is 9.58 Å². The first-order chi connectivity index (χ1) is 17.3. The molecule has 1 aromatic heterocycles. The van der Waals surface area contributed by atoms with Crippen LogP contribution in [0.5, 0.6) is 0 Å². The Labute approximate surface area is 230 Å². The van der Waals surface area contributed by atoms with Gasteiger partial charge >= 0.3 is 6.09 Å². The molecule has 0 aliphatic carbocycles. The zero-order valence-corrected chi connectivity index (χ0v) is 24.7. The Bertz CT molecular complexity index is 1220. The summed E-state index contributed by atoms with van der Waals surface area (Å²) >= 11 is 1.72. The van der Waals surface area contributed by atoms with E-state index in [0.717, 1.165) is 24.0 Å². The first kappa shape index (κ1) is 30.5. The number of thiophene rings is 1. The average Bonchev–Trinajstić information content (AvgIpc) is 3.16. The number of hydrogen-bond donors (Lipinski definition) is 3. The molecule has 0 fully saturated rings. The maximum absolute atomic E-state index is 12.6. The first-order valence-electron chi connectivity index (χ1n) is 11.6. The number of benzene rings is 2. The fourth-order valence-corrected chi connectivity index (χ4v) is 6.19. The number of ether oxygens (including phenoxy) is 1. The van der Waals surface area contributed by atoms with Gasteiger partial charge in [0.05, 0.1) is 0 Å². The minimum atomic E-state index is -0.586. The highest BCUT2D eigenvalue weighted by atomic mass is 33.1. The summed E-state index contributed by atoms with van der Waals surface area (Å²) < 4.78 is 6.56. The molecule has 7 nitrogen and oxygen atoms in total. The van der Waals surface area contributed by atoms with Crippen LogP contribution >= 0.6 is 32.9 Å². The summed E-state index contributed by atoms with van der Waals surface area (Å²) in [6.07, 6.45) is 2.22. The van der Waals surface area contributed by atoms with Crippen LogP contribution < -0.4 is 16.0 Å². The summed E-state index contributed by atoms with van der Waals surface area (Å²) in [5.41, 5.74) is 1.10. The van der Waals surface area contributed by atoms with Crippen molar-refractivity contribution in [3.05, 3.63) is 59.0 Å². The van der Waals surface area contributed by atoms with E-state index in [1.54, 1.807) is 78.0 Å². The predicted octanol–water partition coefficient (Wildman–Crippen LogP) is 7.33. The molecule has 0 saturated carbocycles. The van der Waals surface area contributed by atoms with E-state index >= 15 is 0 Å². The molecule has 10 heteroatoms. The topological polar surface area (TPSA) is 96.5 Å². The van der Waals surface area contributed by atoms with E-state index in [2.05, 4.69) is 42.8 Å². The number of carbonyl (C=O) groups excluding carboxylic acids is 3. The lowest BCUT2D eigenvalue weighted by Gasteiger charge is -2.21. The van der Waals surface area contributed by atoms with Crippen LogP contribution in [-0.2, 0) is 9.53 Å². The van der Waals surface area contributed by atoms with Gasteiger partial charge in [-0.25, -0.2) is 4.79 Å². The van der Waals surface area contributed by atoms with Crippen molar-refractivity contribution in [3.8, 4) is 0 Å². The molecule has 0 atom stereocenters. The normalized spacial score (nSPS) is 11.2. The third kappa shape index (κ3) is 11.1.